The zero-order chi connectivity index (χ0) is 17.8. The van der Waals surface area contributed by atoms with Crippen LogP contribution in [0.5, 0.6) is 0 Å². The van der Waals surface area contributed by atoms with Crippen LogP contribution in [0.15, 0.2) is 95.6 Å². The van der Waals surface area contributed by atoms with E-state index >= 15 is 0 Å². The standard InChI is InChI=1S/C23H17NO2/c25-23(24-22-14-6-11-17-10-4-5-13-20(17)22)21(16-19-12-7-15-26-19)18-8-2-1-3-9-18/h1-16H,(H,24,25). The van der Waals surface area contributed by atoms with E-state index in [1.807, 2.05) is 78.9 Å². The molecular formula is C23H17NO2. The summed E-state index contributed by atoms with van der Waals surface area (Å²) in [6.07, 6.45) is 3.35. The lowest BCUT2D eigenvalue weighted by atomic mass is 10.0. The smallest absolute Gasteiger partial charge is 0.256 e. The minimum atomic E-state index is -0.177. The lowest BCUT2D eigenvalue weighted by molar-refractivity contribution is -0.111. The van der Waals surface area contributed by atoms with Crippen LogP contribution in [0.1, 0.15) is 11.3 Å². The molecule has 0 unspecified atom stereocenters. The molecule has 4 rings (SSSR count). The van der Waals surface area contributed by atoms with Crippen molar-refractivity contribution in [1.29, 1.82) is 0 Å². The maximum atomic E-state index is 13.1. The van der Waals surface area contributed by atoms with Crippen LogP contribution in [0.3, 0.4) is 0 Å². The highest BCUT2D eigenvalue weighted by molar-refractivity contribution is 6.29. The first-order valence-electron chi connectivity index (χ1n) is 8.41. The molecule has 26 heavy (non-hydrogen) atoms. The molecule has 0 saturated heterocycles. The molecule has 0 saturated carbocycles. The van der Waals surface area contributed by atoms with Crippen molar-refractivity contribution in [3.63, 3.8) is 0 Å². The average molecular weight is 339 g/mol. The molecule has 0 bridgehead atoms. The van der Waals surface area contributed by atoms with Crippen LogP contribution in [-0.4, -0.2) is 5.91 Å². The molecule has 0 aliphatic rings. The third-order valence-corrected chi connectivity index (χ3v) is 4.20. The van der Waals surface area contributed by atoms with E-state index in [0.717, 1.165) is 22.0 Å². The number of furan rings is 1. The van der Waals surface area contributed by atoms with E-state index in [9.17, 15) is 4.79 Å². The lowest BCUT2D eigenvalue weighted by Gasteiger charge is -2.11. The normalized spacial score (nSPS) is 11.5. The molecule has 1 amide bonds. The SMILES string of the molecule is O=C(Nc1cccc2ccccc12)C(=Cc1ccco1)c1ccccc1. The van der Waals surface area contributed by atoms with E-state index in [0.29, 0.717) is 11.3 Å². The predicted molar refractivity (Wildman–Crippen MR) is 106 cm³/mol. The summed E-state index contributed by atoms with van der Waals surface area (Å²) in [5.74, 6) is 0.459. The number of benzene rings is 3. The summed E-state index contributed by atoms with van der Waals surface area (Å²) < 4.78 is 5.40. The van der Waals surface area contributed by atoms with Crippen LogP contribution in [0.2, 0.25) is 0 Å². The molecule has 0 atom stereocenters. The maximum absolute atomic E-state index is 13.1. The molecule has 1 heterocycles. The van der Waals surface area contributed by atoms with Gasteiger partial charge in [-0.25, -0.2) is 0 Å². The second kappa shape index (κ2) is 7.11. The van der Waals surface area contributed by atoms with E-state index in [2.05, 4.69) is 5.32 Å². The molecular weight excluding hydrogens is 322 g/mol. The number of carbonyl (C=O) groups is 1. The van der Waals surface area contributed by atoms with Crippen molar-refractivity contribution < 1.29 is 9.21 Å². The van der Waals surface area contributed by atoms with Crippen molar-refractivity contribution in [3.05, 3.63) is 103 Å². The summed E-state index contributed by atoms with van der Waals surface area (Å²) in [4.78, 5) is 13.1. The fourth-order valence-corrected chi connectivity index (χ4v) is 2.94. The first-order chi connectivity index (χ1) is 12.8. The predicted octanol–water partition coefficient (Wildman–Crippen LogP) is 5.61. The highest BCUT2D eigenvalue weighted by atomic mass is 16.3. The van der Waals surface area contributed by atoms with Gasteiger partial charge in [-0.15, -0.1) is 0 Å². The number of anilines is 1. The fourth-order valence-electron chi connectivity index (χ4n) is 2.94. The Labute approximate surface area is 151 Å². The Kier molecular flexibility index (Phi) is 4.35. The minimum Gasteiger partial charge on any atom is -0.465 e. The highest BCUT2D eigenvalue weighted by Crippen LogP contribution is 2.26. The molecule has 1 N–H and O–H groups in total. The Morgan fingerprint density at radius 3 is 2.38 bits per heavy atom. The van der Waals surface area contributed by atoms with Gasteiger partial charge in [-0.05, 0) is 35.2 Å². The number of nitrogens with one attached hydrogen (secondary N) is 1. The van der Waals surface area contributed by atoms with Gasteiger partial charge in [0.15, 0.2) is 0 Å². The second-order valence-electron chi connectivity index (χ2n) is 5.92. The molecule has 0 fully saturated rings. The molecule has 1 aromatic heterocycles. The van der Waals surface area contributed by atoms with Crippen molar-refractivity contribution in [1.82, 2.24) is 0 Å². The van der Waals surface area contributed by atoms with Crippen molar-refractivity contribution in [2.24, 2.45) is 0 Å². The van der Waals surface area contributed by atoms with Gasteiger partial charge >= 0.3 is 0 Å². The first-order valence-corrected chi connectivity index (χ1v) is 8.41. The van der Waals surface area contributed by atoms with Gasteiger partial charge in [0, 0.05) is 11.1 Å². The van der Waals surface area contributed by atoms with Gasteiger partial charge < -0.3 is 9.73 Å². The minimum absolute atomic E-state index is 0.177. The van der Waals surface area contributed by atoms with Gasteiger partial charge in [0.25, 0.3) is 5.91 Å². The maximum Gasteiger partial charge on any atom is 0.256 e. The quantitative estimate of drug-likeness (QED) is 0.491. The van der Waals surface area contributed by atoms with Crippen LogP contribution in [0, 0.1) is 0 Å². The summed E-state index contributed by atoms with van der Waals surface area (Å²) in [6.45, 7) is 0. The Bertz CT molecular complexity index is 1060. The summed E-state index contributed by atoms with van der Waals surface area (Å²) in [5.41, 5.74) is 2.17. The van der Waals surface area contributed by atoms with Gasteiger partial charge in [0.1, 0.15) is 5.76 Å². The van der Waals surface area contributed by atoms with E-state index in [4.69, 9.17) is 4.42 Å². The van der Waals surface area contributed by atoms with Crippen molar-refractivity contribution in [2.45, 2.75) is 0 Å². The number of fused-ring (bicyclic) bond motifs is 1. The molecule has 3 aromatic carbocycles. The fraction of sp³-hybridized carbons (Fsp3) is 0. The van der Waals surface area contributed by atoms with Gasteiger partial charge in [0.05, 0.1) is 11.8 Å². The summed E-state index contributed by atoms with van der Waals surface area (Å²) >= 11 is 0. The van der Waals surface area contributed by atoms with Crippen molar-refractivity contribution in [3.8, 4) is 0 Å². The molecule has 4 aromatic rings. The molecule has 126 valence electrons. The zero-order valence-corrected chi connectivity index (χ0v) is 14.1. The van der Waals surface area contributed by atoms with Crippen LogP contribution in [-0.2, 0) is 4.79 Å². The summed E-state index contributed by atoms with van der Waals surface area (Å²) in [5, 5.41) is 5.14. The molecule has 0 radical (unpaired) electrons. The third-order valence-electron chi connectivity index (χ3n) is 4.20. The van der Waals surface area contributed by atoms with Gasteiger partial charge in [-0.1, -0.05) is 66.7 Å². The highest BCUT2D eigenvalue weighted by Gasteiger charge is 2.14. The van der Waals surface area contributed by atoms with Gasteiger partial charge in [-0.3, -0.25) is 4.79 Å². The number of rotatable bonds is 4. The Morgan fingerprint density at radius 2 is 1.58 bits per heavy atom. The molecule has 3 nitrogen and oxygen atoms in total. The number of hydrogen-bond donors (Lipinski definition) is 1. The topological polar surface area (TPSA) is 42.2 Å². The van der Waals surface area contributed by atoms with E-state index in [-0.39, 0.29) is 5.91 Å². The summed E-state index contributed by atoms with van der Waals surface area (Å²) in [6, 6.07) is 27.1. The van der Waals surface area contributed by atoms with Crippen LogP contribution < -0.4 is 5.32 Å². The number of hydrogen-bond acceptors (Lipinski definition) is 2. The molecule has 3 heteroatoms. The largest absolute Gasteiger partial charge is 0.465 e. The Balaban J connectivity index is 1.73. The van der Waals surface area contributed by atoms with Crippen molar-refractivity contribution in [2.75, 3.05) is 5.32 Å². The van der Waals surface area contributed by atoms with Gasteiger partial charge in [0.2, 0.25) is 0 Å². The molecule has 0 aliphatic carbocycles. The van der Waals surface area contributed by atoms with Crippen LogP contribution in [0.4, 0.5) is 5.69 Å². The average Bonchev–Trinajstić information content (AvgIpc) is 3.20. The van der Waals surface area contributed by atoms with E-state index in [1.54, 1.807) is 18.4 Å². The van der Waals surface area contributed by atoms with Gasteiger partial charge in [-0.2, -0.15) is 0 Å². The van der Waals surface area contributed by atoms with Crippen molar-refractivity contribution >= 4 is 34.0 Å². The molecule has 0 spiro atoms. The van der Waals surface area contributed by atoms with Crippen LogP contribution in [0.25, 0.3) is 22.4 Å². The third kappa shape index (κ3) is 3.28. The number of amides is 1. The number of carbonyl (C=O) groups excluding carboxylic acids is 1. The molecule has 0 aliphatic heterocycles. The van der Waals surface area contributed by atoms with Crippen LogP contribution >= 0.6 is 0 Å². The Morgan fingerprint density at radius 1 is 0.808 bits per heavy atom. The Hall–Kier alpha value is -3.59. The van der Waals surface area contributed by atoms with E-state index < -0.39 is 0 Å². The monoisotopic (exact) mass is 339 g/mol. The first kappa shape index (κ1) is 15.9. The summed E-state index contributed by atoms with van der Waals surface area (Å²) in [7, 11) is 0. The zero-order valence-electron chi connectivity index (χ0n) is 14.1. The lowest BCUT2D eigenvalue weighted by Crippen LogP contribution is -2.13. The second-order valence-corrected chi connectivity index (χ2v) is 5.92. The van der Waals surface area contributed by atoms with E-state index in [1.165, 1.54) is 0 Å².